The molecule has 2 heterocycles. The first-order valence-electron chi connectivity index (χ1n) is 3.72. The van der Waals surface area contributed by atoms with Gasteiger partial charge in [0.05, 0.1) is 6.33 Å². The number of nitrogens with one attached hydrogen (secondary N) is 1. The minimum absolute atomic E-state index is 0. The Kier molecular flexibility index (Phi) is 4.12. The third-order valence-corrected chi connectivity index (χ3v) is 2.03. The normalized spacial score (nSPS) is 9.47. The summed E-state index contributed by atoms with van der Waals surface area (Å²) in [6.07, 6.45) is 1.39. The molecule has 84 valence electrons. The molecule has 0 aromatic carbocycles. The number of aromatic amines is 1. The van der Waals surface area contributed by atoms with Gasteiger partial charge in [0.15, 0.2) is 5.65 Å². The predicted octanol–water partition coefficient (Wildman–Crippen LogP) is -0.196. The minimum atomic E-state index is -0.371. The van der Waals surface area contributed by atoms with Gasteiger partial charge in [0, 0.05) is 14.1 Å². The van der Waals surface area contributed by atoms with E-state index in [1.54, 1.807) is 7.05 Å². The minimum Gasteiger partial charge on any atom is -0.339 e. The Hall–Kier alpha value is -1.27. The number of hydrogen-bond acceptors (Lipinski definition) is 3. The average Bonchev–Trinajstić information content (AvgIpc) is 2.59. The van der Waals surface area contributed by atoms with Crippen molar-refractivity contribution >= 4 is 36.0 Å². The summed E-state index contributed by atoms with van der Waals surface area (Å²) in [4.78, 5) is 29.4. The summed E-state index contributed by atoms with van der Waals surface area (Å²) in [6.45, 7) is 0. The molecule has 0 saturated heterocycles. The number of rotatable bonds is 0. The van der Waals surface area contributed by atoms with Gasteiger partial charge >= 0.3 is 5.69 Å². The second kappa shape index (κ2) is 4.50. The van der Waals surface area contributed by atoms with E-state index in [9.17, 15) is 9.59 Å². The summed E-state index contributed by atoms with van der Waals surface area (Å²) in [5.41, 5.74) is 0.0119. The second-order valence-electron chi connectivity index (χ2n) is 2.81. The molecule has 15 heavy (non-hydrogen) atoms. The van der Waals surface area contributed by atoms with Crippen LogP contribution in [0.3, 0.4) is 0 Å². The molecule has 2 aromatic heterocycles. The maximum atomic E-state index is 11.4. The van der Waals surface area contributed by atoms with E-state index < -0.39 is 0 Å². The molecule has 2 rings (SSSR count). The number of halogens is 2. The fraction of sp³-hybridized carbons (Fsp3) is 0.286. The van der Waals surface area contributed by atoms with Gasteiger partial charge < -0.3 is 4.98 Å². The number of aromatic nitrogens is 4. The van der Waals surface area contributed by atoms with E-state index in [-0.39, 0.29) is 36.1 Å². The van der Waals surface area contributed by atoms with Crippen molar-refractivity contribution in [2.45, 2.75) is 0 Å². The number of H-pyrrole nitrogens is 1. The van der Waals surface area contributed by atoms with Crippen molar-refractivity contribution in [2.75, 3.05) is 0 Å². The van der Waals surface area contributed by atoms with Crippen molar-refractivity contribution in [1.82, 2.24) is 19.1 Å². The third-order valence-electron chi connectivity index (χ3n) is 2.03. The van der Waals surface area contributed by atoms with Crippen molar-refractivity contribution in [3.63, 3.8) is 0 Å². The molecule has 6 nitrogen and oxygen atoms in total. The molecule has 0 aliphatic heterocycles. The molecule has 8 heteroatoms. The molecule has 0 unspecified atom stereocenters. The van der Waals surface area contributed by atoms with Gasteiger partial charge in [0.1, 0.15) is 5.52 Å². The fourth-order valence-corrected chi connectivity index (χ4v) is 1.27. The zero-order valence-electron chi connectivity index (χ0n) is 8.05. The molecule has 0 saturated carbocycles. The van der Waals surface area contributed by atoms with Crippen LogP contribution >= 0.6 is 24.8 Å². The second-order valence-corrected chi connectivity index (χ2v) is 2.81. The Bertz CT molecular complexity index is 583. The summed E-state index contributed by atoms with van der Waals surface area (Å²) in [6, 6.07) is 0. The zero-order valence-corrected chi connectivity index (χ0v) is 9.68. The van der Waals surface area contributed by atoms with Gasteiger partial charge in [0.25, 0.3) is 5.56 Å². The lowest BCUT2D eigenvalue weighted by Gasteiger charge is -2.00. The molecule has 0 fully saturated rings. The van der Waals surface area contributed by atoms with Crippen LogP contribution in [-0.4, -0.2) is 19.1 Å². The third kappa shape index (κ3) is 1.78. The van der Waals surface area contributed by atoms with Crippen LogP contribution in [0, 0.1) is 0 Å². The molecule has 0 spiro atoms. The van der Waals surface area contributed by atoms with Crippen LogP contribution in [-0.2, 0) is 14.1 Å². The van der Waals surface area contributed by atoms with Gasteiger partial charge in [-0.1, -0.05) is 0 Å². The van der Waals surface area contributed by atoms with E-state index >= 15 is 0 Å². The van der Waals surface area contributed by atoms with Crippen LogP contribution in [0.15, 0.2) is 15.9 Å². The summed E-state index contributed by atoms with van der Waals surface area (Å²) < 4.78 is 2.37. The Morgan fingerprint density at radius 3 is 2.40 bits per heavy atom. The van der Waals surface area contributed by atoms with E-state index in [2.05, 4.69) is 9.97 Å². The topological polar surface area (TPSA) is 72.7 Å². The van der Waals surface area contributed by atoms with Gasteiger partial charge in [-0.2, -0.15) is 0 Å². The van der Waals surface area contributed by atoms with Crippen LogP contribution in [0.2, 0.25) is 0 Å². The van der Waals surface area contributed by atoms with Crippen LogP contribution < -0.4 is 11.2 Å². The van der Waals surface area contributed by atoms with Crippen molar-refractivity contribution in [3.05, 3.63) is 27.2 Å². The highest BCUT2D eigenvalue weighted by atomic mass is 35.5. The first-order chi connectivity index (χ1) is 6.13. The molecule has 0 bridgehead atoms. The molecule has 0 amide bonds. The molecular weight excluding hydrogens is 243 g/mol. The average molecular weight is 253 g/mol. The number of aryl methyl sites for hydroxylation is 1. The van der Waals surface area contributed by atoms with Gasteiger partial charge in [-0.15, -0.1) is 24.8 Å². The van der Waals surface area contributed by atoms with Crippen LogP contribution in [0.1, 0.15) is 0 Å². The summed E-state index contributed by atoms with van der Waals surface area (Å²) in [5.74, 6) is 0. The number of fused-ring (bicyclic) bond motifs is 1. The molecule has 0 aliphatic rings. The van der Waals surface area contributed by atoms with E-state index in [1.165, 1.54) is 17.9 Å². The van der Waals surface area contributed by atoms with Gasteiger partial charge in [-0.25, -0.2) is 9.78 Å². The Labute approximate surface area is 96.8 Å². The van der Waals surface area contributed by atoms with Crippen molar-refractivity contribution in [2.24, 2.45) is 14.1 Å². The van der Waals surface area contributed by atoms with E-state index in [1.807, 2.05) is 0 Å². The smallest absolute Gasteiger partial charge is 0.332 e. The summed E-state index contributed by atoms with van der Waals surface area (Å²) >= 11 is 0. The Morgan fingerprint density at radius 1 is 1.20 bits per heavy atom. The predicted molar refractivity (Wildman–Crippen MR) is 61.1 cm³/mol. The number of hydrogen-bond donors (Lipinski definition) is 1. The van der Waals surface area contributed by atoms with Crippen LogP contribution in [0.5, 0.6) is 0 Å². The largest absolute Gasteiger partial charge is 0.339 e. The van der Waals surface area contributed by atoms with E-state index in [4.69, 9.17) is 0 Å². The molecule has 2 aromatic rings. The maximum Gasteiger partial charge on any atom is 0.332 e. The number of nitrogens with zero attached hydrogens (tertiary/aromatic N) is 3. The van der Waals surface area contributed by atoms with Crippen LogP contribution in [0.25, 0.3) is 11.2 Å². The van der Waals surface area contributed by atoms with Crippen LogP contribution in [0.4, 0.5) is 0 Å². The monoisotopic (exact) mass is 252 g/mol. The quantitative estimate of drug-likeness (QED) is 0.706. The first kappa shape index (κ1) is 13.7. The van der Waals surface area contributed by atoms with E-state index in [0.717, 1.165) is 4.57 Å². The van der Waals surface area contributed by atoms with Gasteiger partial charge in [0.2, 0.25) is 0 Å². The first-order valence-corrected chi connectivity index (χ1v) is 3.72. The summed E-state index contributed by atoms with van der Waals surface area (Å²) in [7, 11) is 3.01. The van der Waals surface area contributed by atoms with E-state index in [0.29, 0.717) is 11.2 Å². The Balaban J connectivity index is 0.000000980. The fourth-order valence-electron chi connectivity index (χ4n) is 1.27. The standard InChI is InChI=1S/C7H8N4O2.2ClH/c1-10-5-4(8-3-9-5)6(12)11(2)7(10)13;;/h3H,1-2H3,(H,8,9);2*1H. The molecule has 0 atom stereocenters. The van der Waals surface area contributed by atoms with Crippen molar-refractivity contribution in [3.8, 4) is 0 Å². The lowest BCUT2D eigenvalue weighted by molar-refractivity contribution is 0.709. The molecule has 1 N–H and O–H groups in total. The molecular formula is C7H10Cl2N4O2. The van der Waals surface area contributed by atoms with Gasteiger partial charge in [-0.3, -0.25) is 13.9 Å². The van der Waals surface area contributed by atoms with Gasteiger partial charge in [-0.05, 0) is 0 Å². The number of imidazole rings is 1. The SMILES string of the molecule is Cl.Cl.Cn1c(=O)c2[nH]cnc2n(C)c1=O. The highest BCUT2D eigenvalue weighted by molar-refractivity contribution is 5.85. The molecule has 0 aliphatic carbocycles. The van der Waals surface area contributed by atoms with Crippen molar-refractivity contribution in [1.29, 1.82) is 0 Å². The Morgan fingerprint density at radius 2 is 1.80 bits per heavy atom. The lowest BCUT2D eigenvalue weighted by atomic mass is 10.5. The zero-order chi connectivity index (χ0) is 9.59. The maximum absolute atomic E-state index is 11.4. The van der Waals surface area contributed by atoms with Crippen molar-refractivity contribution < 1.29 is 0 Å². The lowest BCUT2D eigenvalue weighted by Crippen LogP contribution is -2.36. The molecule has 0 radical (unpaired) electrons. The highest BCUT2D eigenvalue weighted by Crippen LogP contribution is 1.97. The summed E-state index contributed by atoms with van der Waals surface area (Å²) in [5, 5.41) is 0. The highest BCUT2D eigenvalue weighted by Gasteiger charge is 2.08.